The van der Waals surface area contributed by atoms with Gasteiger partial charge in [-0.2, -0.15) is 0 Å². The summed E-state index contributed by atoms with van der Waals surface area (Å²) >= 11 is 3.48. The van der Waals surface area contributed by atoms with Gasteiger partial charge in [-0.1, -0.05) is 41.9 Å². The van der Waals surface area contributed by atoms with E-state index < -0.39 is 0 Å². The quantitative estimate of drug-likeness (QED) is 0.739. The van der Waals surface area contributed by atoms with Gasteiger partial charge in [0.2, 0.25) is 0 Å². The Kier molecular flexibility index (Phi) is 4.23. The van der Waals surface area contributed by atoms with Gasteiger partial charge in [0.15, 0.2) is 0 Å². The topological polar surface area (TPSA) is 0 Å². The van der Waals surface area contributed by atoms with Gasteiger partial charge >= 0.3 is 0 Å². The molecule has 0 atom stereocenters. The number of rotatable bonds is 4. The second-order valence-corrected chi connectivity index (χ2v) is 4.04. The molecule has 1 rings (SSSR count). The molecular formula is C12H14Br. The number of hydrogen-bond donors (Lipinski definition) is 0. The van der Waals surface area contributed by atoms with Gasteiger partial charge in [0.25, 0.3) is 0 Å². The Morgan fingerprint density at radius 3 is 2.77 bits per heavy atom. The van der Waals surface area contributed by atoms with Crippen LogP contribution in [0.4, 0.5) is 0 Å². The predicted molar refractivity (Wildman–Crippen MR) is 60.7 cm³/mol. The first kappa shape index (κ1) is 10.5. The summed E-state index contributed by atoms with van der Waals surface area (Å²) in [6.07, 6.45) is 6.53. The number of unbranched alkanes of at least 4 members (excludes halogenated alkanes) is 1. The molecule has 0 nitrogen and oxygen atoms in total. The summed E-state index contributed by atoms with van der Waals surface area (Å²) in [6, 6.07) is 6.34. The van der Waals surface area contributed by atoms with Crippen molar-refractivity contribution in [3.63, 3.8) is 0 Å². The van der Waals surface area contributed by atoms with Gasteiger partial charge < -0.3 is 0 Å². The lowest BCUT2D eigenvalue weighted by Gasteiger charge is -2.02. The molecule has 1 aromatic rings. The van der Waals surface area contributed by atoms with Gasteiger partial charge in [-0.15, -0.1) is 0 Å². The first-order valence-electron chi connectivity index (χ1n) is 4.59. The van der Waals surface area contributed by atoms with E-state index in [0.29, 0.717) is 0 Å². The molecule has 0 aliphatic rings. The minimum atomic E-state index is 1.07. The van der Waals surface area contributed by atoms with Gasteiger partial charge in [0.05, 0.1) is 0 Å². The van der Waals surface area contributed by atoms with E-state index in [1.54, 1.807) is 0 Å². The van der Waals surface area contributed by atoms with E-state index in [2.05, 4.69) is 47.6 Å². The maximum absolute atomic E-state index is 3.65. The zero-order valence-corrected chi connectivity index (χ0v) is 9.52. The van der Waals surface area contributed by atoms with Crippen molar-refractivity contribution in [1.82, 2.24) is 0 Å². The molecule has 0 saturated carbocycles. The van der Waals surface area contributed by atoms with Crippen LogP contribution in [0.25, 0.3) is 0 Å². The summed E-state index contributed by atoms with van der Waals surface area (Å²) in [5.74, 6) is 0. The van der Waals surface area contributed by atoms with Crippen LogP contribution >= 0.6 is 15.9 Å². The van der Waals surface area contributed by atoms with Crippen LogP contribution in [0.1, 0.15) is 30.9 Å². The molecule has 69 valence electrons. The summed E-state index contributed by atoms with van der Waals surface area (Å²) in [7, 11) is 0. The highest BCUT2D eigenvalue weighted by Gasteiger charge is 1.96. The van der Waals surface area contributed by atoms with E-state index in [9.17, 15) is 0 Å². The number of hydrogen-bond acceptors (Lipinski definition) is 0. The van der Waals surface area contributed by atoms with Crippen molar-refractivity contribution < 1.29 is 0 Å². The molecule has 0 aliphatic heterocycles. The van der Waals surface area contributed by atoms with Crippen molar-refractivity contribution in [2.45, 2.75) is 26.2 Å². The fourth-order valence-corrected chi connectivity index (χ4v) is 1.82. The molecule has 1 radical (unpaired) electrons. The fourth-order valence-electron chi connectivity index (χ4n) is 1.28. The zero-order chi connectivity index (χ0) is 9.68. The van der Waals surface area contributed by atoms with E-state index in [4.69, 9.17) is 0 Å². The minimum Gasteiger partial charge on any atom is -0.0906 e. The van der Waals surface area contributed by atoms with Crippen LogP contribution in [0.5, 0.6) is 0 Å². The second kappa shape index (κ2) is 5.23. The van der Waals surface area contributed by atoms with Crippen molar-refractivity contribution in [3.05, 3.63) is 46.5 Å². The van der Waals surface area contributed by atoms with Gasteiger partial charge in [0, 0.05) is 4.47 Å². The largest absolute Gasteiger partial charge is 0.0906 e. The molecule has 0 N–H and O–H groups in total. The molecule has 0 aliphatic carbocycles. The maximum atomic E-state index is 3.65. The predicted octanol–water partition coefficient (Wildman–Crippen LogP) is 4.13. The molecule has 1 heteroatoms. The monoisotopic (exact) mass is 237 g/mol. The van der Waals surface area contributed by atoms with Crippen LogP contribution in [-0.4, -0.2) is 0 Å². The van der Waals surface area contributed by atoms with Crippen molar-refractivity contribution in [3.8, 4) is 0 Å². The first-order chi connectivity index (χ1) is 6.26. The number of aryl methyl sites for hydroxylation is 1. The molecule has 1 aromatic carbocycles. The lowest BCUT2D eigenvalue weighted by atomic mass is 10.1. The standard InChI is InChI=1S/C12H14Br/c1-3-5-6-11-7-10(4-2)8-12(13)9-11/h7-9H,2-3,5-6H2,1H3. The Morgan fingerprint density at radius 2 is 2.15 bits per heavy atom. The summed E-state index contributed by atoms with van der Waals surface area (Å²) < 4.78 is 1.12. The van der Waals surface area contributed by atoms with Crippen molar-refractivity contribution in [1.29, 1.82) is 0 Å². The van der Waals surface area contributed by atoms with E-state index in [1.807, 2.05) is 6.07 Å². The highest BCUT2D eigenvalue weighted by atomic mass is 79.9. The molecular weight excluding hydrogens is 224 g/mol. The van der Waals surface area contributed by atoms with Gasteiger partial charge in [-0.3, -0.25) is 0 Å². The number of halogens is 1. The third-order valence-corrected chi connectivity index (χ3v) is 2.44. The third kappa shape index (κ3) is 3.35. The Balaban J connectivity index is 2.81. The lowest BCUT2D eigenvalue weighted by Crippen LogP contribution is -1.86. The van der Waals surface area contributed by atoms with Crippen molar-refractivity contribution in [2.24, 2.45) is 0 Å². The Hall–Kier alpha value is -0.560. The van der Waals surface area contributed by atoms with Crippen molar-refractivity contribution >= 4 is 15.9 Å². The second-order valence-electron chi connectivity index (χ2n) is 3.13. The fraction of sp³-hybridized carbons (Fsp3) is 0.333. The molecule has 0 saturated heterocycles. The van der Waals surface area contributed by atoms with Crippen LogP contribution in [-0.2, 0) is 6.42 Å². The Morgan fingerprint density at radius 1 is 1.38 bits per heavy atom. The van der Waals surface area contributed by atoms with Gasteiger partial charge in [0.1, 0.15) is 0 Å². The van der Waals surface area contributed by atoms with Crippen LogP contribution in [0.2, 0.25) is 0 Å². The number of benzene rings is 1. The van der Waals surface area contributed by atoms with E-state index in [0.717, 1.165) is 16.5 Å². The van der Waals surface area contributed by atoms with E-state index in [1.165, 1.54) is 18.4 Å². The molecule has 0 fully saturated rings. The third-order valence-electron chi connectivity index (χ3n) is 1.98. The SMILES string of the molecule is C=[C]c1cc(Br)cc(CCCC)c1. The van der Waals surface area contributed by atoms with Crippen molar-refractivity contribution in [2.75, 3.05) is 0 Å². The first-order valence-corrected chi connectivity index (χ1v) is 5.38. The van der Waals surface area contributed by atoms with Gasteiger partial charge in [-0.05, 0) is 42.2 Å². The highest BCUT2D eigenvalue weighted by Crippen LogP contribution is 2.17. The Labute approximate surface area is 88.8 Å². The summed E-state index contributed by atoms with van der Waals surface area (Å²) in [5, 5.41) is 0. The van der Waals surface area contributed by atoms with Gasteiger partial charge in [-0.25, -0.2) is 0 Å². The average Bonchev–Trinajstić information content (AvgIpc) is 2.14. The smallest absolute Gasteiger partial charge is 0.0184 e. The van der Waals surface area contributed by atoms with Crippen LogP contribution in [0.15, 0.2) is 29.3 Å². The normalized spacial score (nSPS) is 10.0. The van der Waals surface area contributed by atoms with E-state index >= 15 is 0 Å². The molecule has 0 amide bonds. The zero-order valence-electron chi connectivity index (χ0n) is 7.94. The highest BCUT2D eigenvalue weighted by molar-refractivity contribution is 9.10. The van der Waals surface area contributed by atoms with Crippen LogP contribution in [0.3, 0.4) is 0 Å². The molecule has 0 bridgehead atoms. The molecule has 0 spiro atoms. The summed E-state index contributed by atoms with van der Waals surface area (Å²) in [5.41, 5.74) is 2.43. The van der Waals surface area contributed by atoms with Crippen LogP contribution < -0.4 is 0 Å². The minimum absolute atomic E-state index is 1.07. The molecule has 0 unspecified atom stereocenters. The molecule has 0 heterocycles. The van der Waals surface area contributed by atoms with Crippen LogP contribution in [0, 0.1) is 6.08 Å². The Bertz CT molecular complexity index is 289. The van der Waals surface area contributed by atoms with E-state index in [-0.39, 0.29) is 0 Å². The maximum Gasteiger partial charge on any atom is 0.0184 e. The molecule has 13 heavy (non-hydrogen) atoms. The summed E-state index contributed by atoms with van der Waals surface area (Å²) in [6.45, 7) is 5.85. The summed E-state index contributed by atoms with van der Waals surface area (Å²) in [4.78, 5) is 0. The molecule has 0 aromatic heterocycles. The average molecular weight is 238 g/mol. The lowest BCUT2D eigenvalue weighted by molar-refractivity contribution is 0.794.